The Morgan fingerprint density at radius 2 is 0.821 bits per heavy atom. The van der Waals surface area contributed by atoms with Gasteiger partial charge in [0.1, 0.15) is 0 Å². The van der Waals surface area contributed by atoms with Crippen molar-refractivity contribution in [2.45, 2.75) is 142 Å². The highest BCUT2D eigenvalue weighted by atomic mass is 16.3. The molecule has 28 heavy (non-hydrogen) atoms. The molecule has 0 amide bonds. The molecule has 0 bridgehead atoms. The van der Waals surface area contributed by atoms with Gasteiger partial charge in [-0.2, -0.15) is 0 Å². The molecule has 4 atom stereocenters. The summed E-state index contributed by atoms with van der Waals surface area (Å²) >= 11 is 0. The van der Waals surface area contributed by atoms with Crippen LogP contribution in [-0.4, -0.2) is 34.1 Å². The minimum Gasteiger partial charge on any atom is -0.396 e. The predicted molar refractivity (Wildman–Crippen MR) is 122 cm³/mol. The van der Waals surface area contributed by atoms with Gasteiger partial charge in [0.05, 0.1) is 12.2 Å². The van der Waals surface area contributed by atoms with E-state index in [1.54, 1.807) is 0 Å². The van der Waals surface area contributed by atoms with Crippen LogP contribution in [0.4, 0.5) is 0 Å². The largest absolute Gasteiger partial charge is 0.396 e. The van der Waals surface area contributed by atoms with Gasteiger partial charge in [-0.15, -0.1) is 0 Å². The Bertz CT molecular complexity index is 308. The summed E-state index contributed by atoms with van der Waals surface area (Å²) in [5.74, 6) is -0.155. The smallest absolute Gasteiger partial charge is 0.0593 e. The van der Waals surface area contributed by atoms with Crippen LogP contribution in [0.15, 0.2) is 0 Å². The molecule has 3 heteroatoms. The molecule has 170 valence electrons. The first-order chi connectivity index (χ1) is 13.6. The van der Waals surface area contributed by atoms with Crippen LogP contribution in [0, 0.1) is 11.8 Å². The highest BCUT2D eigenvalue weighted by molar-refractivity contribution is 4.82. The number of hydrogen-bond acceptors (Lipinski definition) is 3. The Kier molecular flexibility index (Phi) is 20.1. The Hall–Kier alpha value is -0.120. The van der Waals surface area contributed by atoms with Gasteiger partial charge in [-0.05, 0) is 25.2 Å². The van der Waals surface area contributed by atoms with Crippen molar-refractivity contribution >= 4 is 0 Å². The second kappa shape index (κ2) is 20.2. The first kappa shape index (κ1) is 27.9. The lowest BCUT2D eigenvalue weighted by Gasteiger charge is -2.33. The molecule has 0 saturated heterocycles. The molecule has 0 rings (SSSR count). The molecule has 0 aromatic carbocycles. The average molecular weight is 401 g/mol. The van der Waals surface area contributed by atoms with Crippen molar-refractivity contribution < 1.29 is 15.3 Å². The zero-order valence-electron chi connectivity index (χ0n) is 19.4. The van der Waals surface area contributed by atoms with Crippen LogP contribution in [0.3, 0.4) is 0 Å². The van der Waals surface area contributed by atoms with Crippen molar-refractivity contribution in [1.82, 2.24) is 0 Å². The van der Waals surface area contributed by atoms with E-state index in [4.69, 9.17) is 0 Å². The van der Waals surface area contributed by atoms with Gasteiger partial charge < -0.3 is 15.3 Å². The third-order valence-corrected chi connectivity index (χ3v) is 6.35. The van der Waals surface area contributed by atoms with Crippen LogP contribution in [0.1, 0.15) is 130 Å². The van der Waals surface area contributed by atoms with Gasteiger partial charge in [0.25, 0.3) is 0 Å². The van der Waals surface area contributed by atoms with Crippen LogP contribution in [0.25, 0.3) is 0 Å². The maximum absolute atomic E-state index is 10.9. The van der Waals surface area contributed by atoms with Gasteiger partial charge in [-0.1, -0.05) is 111 Å². The molecular weight excluding hydrogens is 348 g/mol. The number of rotatable bonds is 21. The summed E-state index contributed by atoms with van der Waals surface area (Å²) < 4.78 is 0. The first-order valence-electron chi connectivity index (χ1n) is 12.6. The zero-order chi connectivity index (χ0) is 21.0. The molecule has 3 N–H and O–H groups in total. The second-order valence-corrected chi connectivity index (χ2v) is 8.90. The summed E-state index contributed by atoms with van der Waals surface area (Å²) in [6.45, 7) is 6.63. The van der Waals surface area contributed by atoms with Crippen molar-refractivity contribution in [3.63, 3.8) is 0 Å². The molecule has 0 saturated carbocycles. The summed E-state index contributed by atoms with van der Waals surface area (Å²) in [4.78, 5) is 0. The molecule has 3 nitrogen and oxygen atoms in total. The average Bonchev–Trinajstić information content (AvgIpc) is 2.69. The molecule has 0 aliphatic carbocycles. The molecule has 4 unspecified atom stereocenters. The van der Waals surface area contributed by atoms with Gasteiger partial charge in [0.2, 0.25) is 0 Å². The van der Waals surface area contributed by atoms with E-state index in [0.717, 1.165) is 44.9 Å². The molecule has 0 aromatic rings. The van der Waals surface area contributed by atoms with Crippen LogP contribution in [0.2, 0.25) is 0 Å². The molecule has 0 aromatic heterocycles. The number of unbranched alkanes of at least 4 members (excludes halogenated alkanes) is 11. The van der Waals surface area contributed by atoms with Crippen molar-refractivity contribution in [3.8, 4) is 0 Å². The first-order valence-corrected chi connectivity index (χ1v) is 12.6. The number of aliphatic hydroxyl groups excluding tert-OH is 3. The number of aliphatic hydroxyl groups is 3. The van der Waals surface area contributed by atoms with Gasteiger partial charge >= 0.3 is 0 Å². The fourth-order valence-corrected chi connectivity index (χ4v) is 4.38. The van der Waals surface area contributed by atoms with Crippen LogP contribution >= 0.6 is 0 Å². The van der Waals surface area contributed by atoms with Crippen LogP contribution < -0.4 is 0 Å². The van der Waals surface area contributed by atoms with E-state index in [2.05, 4.69) is 20.8 Å². The molecule has 0 radical (unpaired) electrons. The Morgan fingerprint density at radius 3 is 1.25 bits per heavy atom. The van der Waals surface area contributed by atoms with Gasteiger partial charge in [-0.25, -0.2) is 0 Å². The van der Waals surface area contributed by atoms with Gasteiger partial charge in [0, 0.05) is 12.5 Å². The van der Waals surface area contributed by atoms with Gasteiger partial charge in [-0.3, -0.25) is 0 Å². The van der Waals surface area contributed by atoms with Gasteiger partial charge in [0.15, 0.2) is 0 Å². The van der Waals surface area contributed by atoms with E-state index >= 15 is 0 Å². The normalized spacial score (nSPS) is 16.1. The summed E-state index contributed by atoms with van der Waals surface area (Å²) in [7, 11) is 0. The van der Waals surface area contributed by atoms with Crippen LogP contribution in [0.5, 0.6) is 0 Å². The van der Waals surface area contributed by atoms with E-state index < -0.39 is 12.2 Å². The third-order valence-electron chi connectivity index (χ3n) is 6.35. The van der Waals surface area contributed by atoms with E-state index in [9.17, 15) is 15.3 Å². The topological polar surface area (TPSA) is 60.7 Å². The fraction of sp³-hybridized carbons (Fsp3) is 1.00. The Labute approximate surface area is 176 Å². The second-order valence-electron chi connectivity index (χ2n) is 8.90. The molecule has 0 fully saturated rings. The molecular formula is C25H52O3. The highest BCUT2D eigenvalue weighted by Crippen LogP contribution is 2.30. The Morgan fingerprint density at radius 1 is 0.464 bits per heavy atom. The molecule has 0 aliphatic rings. The quantitative estimate of drug-likeness (QED) is 0.190. The highest BCUT2D eigenvalue weighted by Gasteiger charge is 2.32. The lowest BCUT2D eigenvalue weighted by Crippen LogP contribution is -2.38. The minimum absolute atomic E-state index is 0.0121. The van der Waals surface area contributed by atoms with Crippen molar-refractivity contribution in [1.29, 1.82) is 0 Å². The number of hydrogen-bond donors (Lipinski definition) is 3. The molecule has 0 heterocycles. The standard InChI is InChI=1S/C25H52O3/c1-4-7-10-13-15-18-22(24(27)19-16-12-9-6-3)23(21-26)25(28)20-17-14-11-8-5-2/h22-28H,4-21H2,1-3H3. The lowest BCUT2D eigenvalue weighted by atomic mass is 9.78. The van der Waals surface area contributed by atoms with E-state index in [-0.39, 0.29) is 18.4 Å². The Balaban J connectivity index is 4.64. The molecule has 0 aliphatic heterocycles. The van der Waals surface area contributed by atoms with Crippen molar-refractivity contribution in [2.75, 3.05) is 6.61 Å². The predicted octanol–water partition coefficient (Wildman–Crippen LogP) is 6.62. The summed E-state index contributed by atoms with van der Waals surface area (Å²) in [5.41, 5.74) is 0. The van der Waals surface area contributed by atoms with E-state index in [1.165, 1.54) is 64.2 Å². The SMILES string of the molecule is CCCCCCCC(O)C(CO)C(CCCCCCC)C(O)CCCCCC. The molecule has 0 spiro atoms. The van der Waals surface area contributed by atoms with Crippen molar-refractivity contribution in [3.05, 3.63) is 0 Å². The maximum atomic E-state index is 10.9. The monoisotopic (exact) mass is 400 g/mol. The minimum atomic E-state index is -0.488. The van der Waals surface area contributed by atoms with Crippen molar-refractivity contribution in [2.24, 2.45) is 11.8 Å². The zero-order valence-corrected chi connectivity index (χ0v) is 19.4. The summed E-state index contributed by atoms with van der Waals surface area (Å²) in [6.07, 6.45) is 18.2. The van der Waals surface area contributed by atoms with E-state index in [1.807, 2.05) is 0 Å². The maximum Gasteiger partial charge on any atom is 0.0593 e. The summed E-state index contributed by atoms with van der Waals surface area (Å²) in [5, 5.41) is 31.7. The van der Waals surface area contributed by atoms with Crippen LogP contribution in [-0.2, 0) is 0 Å². The third kappa shape index (κ3) is 14.0. The summed E-state index contributed by atoms with van der Waals surface area (Å²) in [6, 6.07) is 0. The fourth-order valence-electron chi connectivity index (χ4n) is 4.38. The lowest BCUT2D eigenvalue weighted by molar-refractivity contribution is -0.0297. The van der Waals surface area contributed by atoms with E-state index in [0.29, 0.717) is 0 Å².